The van der Waals surface area contributed by atoms with Crippen LogP contribution in [0.15, 0.2) is 18.3 Å². The number of hydrogen-bond acceptors (Lipinski definition) is 4. The molecule has 0 aliphatic carbocycles. The lowest BCUT2D eigenvalue weighted by atomic mass is 10.3. The van der Waals surface area contributed by atoms with Gasteiger partial charge in [-0.2, -0.15) is 8.78 Å². The highest BCUT2D eigenvalue weighted by molar-refractivity contribution is 5.89. The van der Waals surface area contributed by atoms with Crippen LogP contribution >= 0.6 is 0 Å². The normalized spacial score (nSPS) is 19.0. The maximum atomic E-state index is 12.0. The molecule has 1 aliphatic rings. The van der Waals surface area contributed by atoms with Gasteiger partial charge in [0.2, 0.25) is 5.88 Å². The largest absolute Gasteiger partial charge is 0.417 e. The van der Waals surface area contributed by atoms with Gasteiger partial charge in [0, 0.05) is 12.6 Å². The molecule has 6 nitrogen and oxygen atoms in total. The molecule has 1 saturated heterocycles. The predicted molar refractivity (Wildman–Crippen MR) is 66.9 cm³/mol. The Kier molecular flexibility index (Phi) is 4.67. The van der Waals surface area contributed by atoms with Crippen molar-refractivity contribution in [1.29, 1.82) is 0 Å². The van der Waals surface area contributed by atoms with Crippen molar-refractivity contribution >= 4 is 11.7 Å². The fourth-order valence-electron chi connectivity index (χ4n) is 1.84. The summed E-state index contributed by atoms with van der Waals surface area (Å²) in [5, 5.41) is 2.65. The van der Waals surface area contributed by atoms with Gasteiger partial charge in [-0.3, -0.25) is 0 Å². The van der Waals surface area contributed by atoms with E-state index >= 15 is 0 Å². The molecule has 8 heteroatoms. The lowest BCUT2D eigenvalue weighted by Gasteiger charge is -2.33. The average Bonchev–Trinajstić information content (AvgIpc) is 2.41. The van der Waals surface area contributed by atoms with Crippen molar-refractivity contribution in [2.45, 2.75) is 19.6 Å². The van der Waals surface area contributed by atoms with Gasteiger partial charge in [0.25, 0.3) is 0 Å². The van der Waals surface area contributed by atoms with Crippen molar-refractivity contribution < 1.29 is 23.0 Å². The molecular weight excluding hydrogens is 272 g/mol. The van der Waals surface area contributed by atoms with Crippen LogP contribution in [-0.2, 0) is 4.74 Å². The molecule has 0 bridgehead atoms. The van der Waals surface area contributed by atoms with Gasteiger partial charge in [0.05, 0.1) is 31.1 Å². The van der Waals surface area contributed by atoms with E-state index in [1.165, 1.54) is 18.3 Å². The number of urea groups is 1. The second-order valence-electron chi connectivity index (χ2n) is 4.31. The molecule has 1 atom stereocenters. The maximum Gasteiger partial charge on any atom is 0.388 e. The van der Waals surface area contributed by atoms with Crippen LogP contribution in [0.3, 0.4) is 0 Å². The van der Waals surface area contributed by atoms with Crippen LogP contribution in [0.25, 0.3) is 0 Å². The third kappa shape index (κ3) is 3.77. The van der Waals surface area contributed by atoms with Crippen LogP contribution in [0.2, 0.25) is 0 Å². The number of carbonyl (C=O) groups excluding carboxylic acids is 1. The standard InChI is InChI=1S/C12H15F2N3O3/c1-8-7-19-5-4-17(8)12(18)16-9-2-3-10(15-6-9)20-11(13)14/h2-3,6,8,11H,4-5,7H2,1H3,(H,16,18)/t8-/m1/s1. The van der Waals surface area contributed by atoms with Crippen LogP contribution in [0, 0.1) is 0 Å². The first kappa shape index (κ1) is 14.4. The number of carbonyl (C=O) groups is 1. The van der Waals surface area contributed by atoms with E-state index in [0.717, 1.165) is 0 Å². The Morgan fingerprint density at radius 1 is 1.60 bits per heavy atom. The number of anilines is 1. The molecule has 2 rings (SSSR count). The second kappa shape index (κ2) is 6.47. The minimum Gasteiger partial charge on any atom is -0.417 e. The van der Waals surface area contributed by atoms with Crippen LogP contribution in [-0.4, -0.2) is 48.3 Å². The van der Waals surface area contributed by atoms with E-state index in [0.29, 0.717) is 25.4 Å². The maximum absolute atomic E-state index is 12.0. The molecule has 0 spiro atoms. The van der Waals surface area contributed by atoms with Gasteiger partial charge in [-0.15, -0.1) is 0 Å². The van der Waals surface area contributed by atoms with Crippen molar-refractivity contribution in [1.82, 2.24) is 9.88 Å². The van der Waals surface area contributed by atoms with Crippen molar-refractivity contribution in [3.63, 3.8) is 0 Å². The average molecular weight is 287 g/mol. The van der Waals surface area contributed by atoms with E-state index in [9.17, 15) is 13.6 Å². The van der Waals surface area contributed by atoms with Crippen LogP contribution < -0.4 is 10.1 Å². The van der Waals surface area contributed by atoms with E-state index < -0.39 is 6.61 Å². The fraction of sp³-hybridized carbons (Fsp3) is 0.500. The van der Waals surface area contributed by atoms with Crippen LogP contribution in [0.4, 0.5) is 19.3 Å². The highest BCUT2D eigenvalue weighted by atomic mass is 19.3. The van der Waals surface area contributed by atoms with Gasteiger partial charge >= 0.3 is 12.6 Å². The first-order valence-electron chi connectivity index (χ1n) is 6.12. The molecule has 1 N–H and O–H groups in total. The van der Waals surface area contributed by atoms with Crippen LogP contribution in [0.1, 0.15) is 6.92 Å². The zero-order chi connectivity index (χ0) is 14.5. The summed E-state index contributed by atoms with van der Waals surface area (Å²) in [5.74, 6) is -0.197. The molecule has 1 aromatic rings. The summed E-state index contributed by atoms with van der Waals surface area (Å²) in [6.07, 6.45) is 1.26. The molecule has 0 unspecified atom stereocenters. The smallest absolute Gasteiger partial charge is 0.388 e. The number of nitrogens with one attached hydrogen (secondary N) is 1. The molecule has 20 heavy (non-hydrogen) atoms. The number of halogens is 2. The minimum atomic E-state index is -2.92. The summed E-state index contributed by atoms with van der Waals surface area (Å²) in [6.45, 7) is 0.463. The number of rotatable bonds is 3. The van der Waals surface area contributed by atoms with E-state index in [4.69, 9.17) is 4.74 Å². The van der Waals surface area contributed by atoms with Crippen molar-refractivity contribution in [2.24, 2.45) is 0 Å². The molecule has 0 radical (unpaired) electrons. The number of pyridine rings is 1. The Morgan fingerprint density at radius 2 is 2.40 bits per heavy atom. The van der Waals surface area contributed by atoms with Gasteiger partial charge in [-0.25, -0.2) is 9.78 Å². The SMILES string of the molecule is C[C@@H]1COCCN1C(=O)Nc1ccc(OC(F)F)nc1. The van der Waals surface area contributed by atoms with E-state index in [2.05, 4.69) is 15.0 Å². The molecule has 1 aromatic heterocycles. The Bertz CT molecular complexity index is 456. The van der Waals surface area contributed by atoms with Gasteiger partial charge in [0.15, 0.2) is 0 Å². The number of ether oxygens (including phenoxy) is 2. The number of nitrogens with zero attached hydrogens (tertiary/aromatic N) is 2. The molecular formula is C12H15F2N3O3. The fourth-order valence-corrected chi connectivity index (χ4v) is 1.84. The summed E-state index contributed by atoms with van der Waals surface area (Å²) in [6, 6.07) is 2.43. The lowest BCUT2D eigenvalue weighted by molar-refractivity contribution is -0.0528. The van der Waals surface area contributed by atoms with Gasteiger partial charge in [-0.1, -0.05) is 0 Å². The zero-order valence-corrected chi connectivity index (χ0v) is 10.9. The molecule has 0 saturated carbocycles. The summed E-state index contributed by atoms with van der Waals surface area (Å²) in [7, 11) is 0. The van der Waals surface area contributed by atoms with E-state index in [1.807, 2.05) is 6.92 Å². The first-order valence-corrected chi connectivity index (χ1v) is 6.12. The predicted octanol–water partition coefficient (Wildman–Crippen LogP) is 1.94. The van der Waals surface area contributed by atoms with Gasteiger partial charge < -0.3 is 19.7 Å². The lowest BCUT2D eigenvalue weighted by Crippen LogP contribution is -2.48. The van der Waals surface area contributed by atoms with E-state index in [1.54, 1.807) is 4.90 Å². The first-order chi connectivity index (χ1) is 9.56. The monoisotopic (exact) mass is 287 g/mol. The number of alkyl halides is 2. The number of hydrogen-bond donors (Lipinski definition) is 1. The molecule has 110 valence electrons. The Hall–Kier alpha value is -1.96. The highest BCUT2D eigenvalue weighted by Crippen LogP contribution is 2.15. The van der Waals surface area contributed by atoms with E-state index in [-0.39, 0.29) is 18.0 Å². The minimum absolute atomic E-state index is 0.0156. The Labute approximate surface area is 114 Å². The van der Waals surface area contributed by atoms with Crippen molar-refractivity contribution in [3.05, 3.63) is 18.3 Å². The Morgan fingerprint density at radius 3 is 3.00 bits per heavy atom. The molecule has 1 fully saturated rings. The highest BCUT2D eigenvalue weighted by Gasteiger charge is 2.23. The third-order valence-electron chi connectivity index (χ3n) is 2.83. The number of aromatic nitrogens is 1. The molecule has 1 aliphatic heterocycles. The molecule has 0 aromatic carbocycles. The van der Waals surface area contributed by atoms with Crippen molar-refractivity contribution in [2.75, 3.05) is 25.1 Å². The van der Waals surface area contributed by atoms with Gasteiger partial charge in [0.1, 0.15) is 0 Å². The second-order valence-corrected chi connectivity index (χ2v) is 4.31. The van der Waals surface area contributed by atoms with Crippen molar-refractivity contribution in [3.8, 4) is 5.88 Å². The molecule has 2 heterocycles. The Balaban J connectivity index is 1.93. The summed E-state index contributed by atoms with van der Waals surface area (Å²) in [5.41, 5.74) is 0.412. The quantitative estimate of drug-likeness (QED) is 0.922. The number of amides is 2. The summed E-state index contributed by atoms with van der Waals surface area (Å²) >= 11 is 0. The van der Waals surface area contributed by atoms with Crippen LogP contribution in [0.5, 0.6) is 5.88 Å². The van der Waals surface area contributed by atoms with Gasteiger partial charge in [-0.05, 0) is 13.0 Å². The summed E-state index contributed by atoms with van der Waals surface area (Å²) in [4.78, 5) is 17.3. The third-order valence-corrected chi connectivity index (χ3v) is 2.83. The topological polar surface area (TPSA) is 63.7 Å². The number of morpholine rings is 1. The summed E-state index contributed by atoms with van der Waals surface area (Å²) < 4.78 is 33.3. The zero-order valence-electron chi connectivity index (χ0n) is 10.9. The molecule has 2 amide bonds.